The molecule has 0 aliphatic carbocycles. The summed E-state index contributed by atoms with van der Waals surface area (Å²) < 4.78 is 8.92. The van der Waals surface area contributed by atoms with Crippen LogP contribution in [-0.2, 0) is 19.1 Å². The maximum Gasteiger partial charge on any atom is 0.325 e. The van der Waals surface area contributed by atoms with Crippen molar-refractivity contribution in [3.63, 3.8) is 0 Å². The van der Waals surface area contributed by atoms with Crippen LogP contribution in [-0.4, -0.2) is 24.8 Å². The summed E-state index contributed by atoms with van der Waals surface area (Å²) in [7, 11) is 0. The molecular formula is C6H10ClNO4. The average molecular weight is 196 g/mol. The molecule has 12 heavy (non-hydrogen) atoms. The maximum absolute atomic E-state index is 10.7. The van der Waals surface area contributed by atoms with Crippen LogP contribution >= 0.6 is 12.4 Å². The molecular weight excluding hydrogens is 186 g/mol. The third-order valence-electron chi connectivity index (χ3n) is 1.38. The number of cyclic esters (lactones) is 2. The first kappa shape index (κ1) is 11.2. The zero-order valence-electron chi connectivity index (χ0n) is 6.32. The first-order chi connectivity index (χ1) is 5.20. The largest absolute Gasteiger partial charge is 0.428 e. The van der Waals surface area contributed by atoms with Crippen LogP contribution in [0.25, 0.3) is 0 Å². The minimum Gasteiger partial charge on any atom is -0.428 e. The highest BCUT2D eigenvalue weighted by Gasteiger charge is 2.20. The lowest BCUT2D eigenvalue weighted by atomic mass is 10.2. The van der Waals surface area contributed by atoms with Gasteiger partial charge in [-0.2, -0.15) is 0 Å². The van der Waals surface area contributed by atoms with Gasteiger partial charge in [0.1, 0.15) is 6.04 Å². The lowest BCUT2D eigenvalue weighted by Gasteiger charge is -2.14. The van der Waals surface area contributed by atoms with Crippen LogP contribution in [0.4, 0.5) is 0 Å². The minimum absolute atomic E-state index is 0. The molecule has 0 saturated carbocycles. The van der Waals surface area contributed by atoms with Crippen LogP contribution in [0.2, 0.25) is 0 Å². The molecule has 1 saturated heterocycles. The highest BCUT2D eigenvalue weighted by atomic mass is 35.5. The van der Waals surface area contributed by atoms with Crippen LogP contribution in [0.15, 0.2) is 0 Å². The lowest BCUT2D eigenvalue weighted by Crippen LogP contribution is -2.35. The summed E-state index contributed by atoms with van der Waals surface area (Å²) in [6.07, 6.45) is 0.466. The Morgan fingerprint density at radius 3 is 2.67 bits per heavy atom. The molecule has 5 nitrogen and oxygen atoms in total. The molecule has 0 unspecified atom stereocenters. The van der Waals surface area contributed by atoms with E-state index in [1.165, 1.54) is 0 Å². The third kappa shape index (κ3) is 3.06. The van der Waals surface area contributed by atoms with Crippen molar-refractivity contribution in [2.24, 2.45) is 5.73 Å². The third-order valence-corrected chi connectivity index (χ3v) is 1.38. The molecule has 0 bridgehead atoms. The quantitative estimate of drug-likeness (QED) is 0.531. The lowest BCUT2D eigenvalue weighted by molar-refractivity contribution is -0.171. The van der Waals surface area contributed by atoms with E-state index in [4.69, 9.17) is 5.73 Å². The molecule has 1 heterocycles. The molecule has 0 aromatic heterocycles. The van der Waals surface area contributed by atoms with Crippen LogP contribution < -0.4 is 5.73 Å². The van der Waals surface area contributed by atoms with E-state index in [0.717, 1.165) is 0 Å². The van der Waals surface area contributed by atoms with Gasteiger partial charge >= 0.3 is 11.9 Å². The number of halogens is 1. The fourth-order valence-electron chi connectivity index (χ4n) is 0.724. The van der Waals surface area contributed by atoms with Gasteiger partial charge in [-0.3, -0.25) is 9.59 Å². The number of ether oxygens (including phenoxy) is 2. The van der Waals surface area contributed by atoms with Crippen molar-refractivity contribution in [1.82, 2.24) is 0 Å². The Morgan fingerprint density at radius 2 is 2.00 bits per heavy atom. The second-order valence-corrected chi connectivity index (χ2v) is 2.24. The van der Waals surface area contributed by atoms with E-state index in [1.807, 2.05) is 0 Å². The molecule has 0 aromatic rings. The van der Waals surface area contributed by atoms with Crippen molar-refractivity contribution in [2.45, 2.75) is 18.9 Å². The molecule has 6 heteroatoms. The van der Waals surface area contributed by atoms with E-state index in [1.54, 1.807) is 0 Å². The number of hydrogen-bond donors (Lipinski definition) is 1. The van der Waals surface area contributed by atoms with E-state index in [-0.39, 0.29) is 38.0 Å². The van der Waals surface area contributed by atoms with E-state index >= 15 is 0 Å². The Hall–Kier alpha value is -0.810. The number of esters is 2. The number of hydrogen-bond acceptors (Lipinski definition) is 5. The molecule has 1 aliphatic rings. The molecule has 0 aromatic carbocycles. The van der Waals surface area contributed by atoms with Crippen LogP contribution in [0.3, 0.4) is 0 Å². The Labute approximate surface area is 75.6 Å². The second-order valence-electron chi connectivity index (χ2n) is 2.24. The van der Waals surface area contributed by atoms with Gasteiger partial charge in [-0.05, 0) is 6.42 Å². The Bertz CT molecular complexity index is 184. The number of nitrogens with two attached hydrogens (primary N) is 1. The molecule has 1 rings (SSSR count). The zero-order chi connectivity index (χ0) is 8.27. The molecule has 0 radical (unpaired) electrons. The number of carbonyl (C=O) groups is 2. The monoisotopic (exact) mass is 195 g/mol. The minimum atomic E-state index is -0.692. The fourth-order valence-corrected chi connectivity index (χ4v) is 0.724. The molecule has 1 atom stereocenters. The van der Waals surface area contributed by atoms with Gasteiger partial charge in [0.25, 0.3) is 0 Å². The van der Waals surface area contributed by atoms with Crippen LogP contribution in [0.1, 0.15) is 12.8 Å². The van der Waals surface area contributed by atoms with Gasteiger partial charge in [0.05, 0.1) is 0 Å². The van der Waals surface area contributed by atoms with Crippen molar-refractivity contribution < 1.29 is 19.1 Å². The molecule has 1 fully saturated rings. The number of carbonyl (C=O) groups excluding carboxylic acids is 2. The molecule has 2 N–H and O–H groups in total. The van der Waals surface area contributed by atoms with Gasteiger partial charge in [0, 0.05) is 6.42 Å². The fraction of sp³-hybridized carbons (Fsp3) is 0.667. The Balaban J connectivity index is 0.00000121. The van der Waals surface area contributed by atoms with Crippen LogP contribution in [0.5, 0.6) is 0 Å². The van der Waals surface area contributed by atoms with E-state index in [2.05, 4.69) is 9.47 Å². The molecule has 1 aliphatic heterocycles. The van der Waals surface area contributed by atoms with Gasteiger partial charge in [-0.15, -0.1) is 12.4 Å². The average Bonchev–Trinajstić information content (AvgIpc) is 1.98. The first-order valence-corrected chi connectivity index (χ1v) is 3.28. The highest BCUT2D eigenvalue weighted by Crippen LogP contribution is 2.02. The van der Waals surface area contributed by atoms with Crippen molar-refractivity contribution in [1.29, 1.82) is 0 Å². The summed E-state index contributed by atoms with van der Waals surface area (Å²) in [5.74, 6) is -0.898. The predicted molar refractivity (Wildman–Crippen MR) is 41.5 cm³/mol. The normalized spacial score (nSPS) is 24.2. The second kappa shape index (κ2) is 4.95. The van der Waals surface area contributed by atoms with Gasteiger partial charge in [0.2, 0.25) is 6.79 Å². The SMILES string of the molecule is Cl.N[C@H]1CCC(=O)OCOC1=O. The summed E-state index contributed by atoms with van der Waals surface area (Å²) >= 11 is 0. The molecule has 0 amide bonds. The summed E-state index contributed by atoms with van der Waals surface area (Å²) in [6, 6.07) is -0.692. The standard InChI is InChI=1S/C6H9NO4.ClH/c7-4-1-2-5(8)10-3-11-6(4)9;/h4H,1-3,7H2;1H/t4-;/m0./s1. The Kier molecular flexibility index (Phi) is 4.61. The van der Waals surface area contributed by atoms with E-state index < -0.39 is 12.0 Å². The summed E-state index contributed by atoms with van der Waals surface area (Å²) in [6.45, 7) is -0.314. The highest BCUT2D eigenvalue weighted by molar-refractivity contribution is 5.85. The zero-order valence-corrected chi connectivity index (χ0v) is 7.13. The summed E-state index contributed by atoms with van der Waals surface area (Å²) in [4.78, 5) is 21.4. The number of rotatable bonds is 0. The van der Waals surface area contributed by atoms with Crippen molar-refractivity contribution in [2.75, 3.05) is 6.79 Å². The van der Waals surface area contributed by atoms with E-state index in [9.17, 15) is 9.59 Å². The molecule has 70 valence electrons. The van der Waals surface area contributed by atoms with E-state index in [0.29, 0.717) is 0 Å². The van der Waals surface area contributed by atoms with Gasteiger partial charge in [0.15, 0.2) is 0 Å². The predicted octanol–water partition coefficient (Wildman–Crippen LogP) is -0.427. The maximum atomic E-state index is 10.7. The Morgan fingerprint density at radius 1 is 1.33 bits per heavy atom. The van der Waals surface area contributed by atoms with Crippen molar-refractivity contribution >= 4 is 24.3 Å². The smallest absolute Gasteiger partial charge is 0.325 e. The first-order valence-electron chi connectivity index (χ1n) is 3.28. The summed E-state index contributed by atoms with van der Waals surface area (Å²) in [5.41, 5.74) is 5.33. The summed E-state index contributed by atoms with van der Waals surface area (Å²) in [5, 5.41) is 0. The van der Waals surface area contributed by atoms with Gasteiger partial charge in [-0.1, -0.05) is 0 Å². The van der Waals surface area contributed by atoms with Crippen molar-refractivity contribution in [3.8, 4) is 0 Å². The van der Waals surface area contributed by atoms with Gasteiger partial charge in [-0.25, -0.2) is 0 Å². The van der Waals surface area contributed by atoms with Crippen LogP contribution in [0, 0.1) is 0 Å². The molecule has 0 spiro atoms. The topological polar surface area (TPSA) is 78.6 Å². The van der Waals surface area contributed by atoms with Crippen molar-refractivity contribution in [3.05, 3.63) is 0 Å². The van der Waals surface area contributed by atoms with Gasteiger partial charge < -0.3 is 15.2 Å².